The van der Waals surface area contributed by atoms with E-state index in [9.17, 15) is 4.79 Å². The number of hydrogen-bond acceptors (Lipinski definition) is 3. The molecule has 0 saturated heterocycles. The van der Waals surface area contributed by atoms with Gasteiger partial charge in [0.2, 0.25) is 5.91 Å². The van der Waals surface area contributed by atoms with Crippen LogP contribution in [0.4, 0.5) is 5.69 Å². The third kappa shape index (κ3) is 3.74. The molecule has 1 aromatic carbocycles. The van der Waals surface area contributed by atoms with E-state index >= 15 is 0 Å². The van der Waals surface area contributed by atoms with E-state index in [1.165, 1.54) is 0 Å². The van der Waals surface area contributed by atoms with Crippen molar-refractivity contribution in [2.75, 3.05) is 19.0 Å². The standard InChI is InChI=1S/C14H23N3O/c1-5-14(2,15)13(18)16-10-11-6-8-12(9-7-11)17(3)4/h6-9H,5,10,15H2,1-4H3,(H,16,18). The molecule has 1 amide bonds. The summed E-state index contributed by atoms with van der Waals surface area (Å²) in [6.45, 7) is 4.17. The van der Waals surface area contributed by atoms with Gasteiger partial charge in [0.1, 0.15) is 0 Å². The monoisotopic (exact) mass is 249 g/mol. The smallest absolute Gasteiger partial charge is 0.240 e. The average Bonchev–Trinajstić information content (AvgIpc) is 2.36. The van der Waals surface area contributed by atoms with Crippen LogP contribution in [0.25, 0.3) is 0 Å². The van der Waals surface area contributed by atoms with Crippen molar-refractivity contribution in [3.63, 3.8) is 0 Å². The van der Waals surface area contributed by atoms with E-state index in [4.69, 9.17) is 5.73 Å². The fourth-order valence-electron chi connectivity index (χ4n) is 1.46. The molecule has 1 unspecified atom stereocenters. The van der Waals surface area contributed by atoms with Crippen molar-refractivity contribution >= 4 is 11.6 Å². The Balaban J connectivity index is 2.57. The SMILES string of the molecule is CCC(C)(N)C(=O)NCc1ccc(N(C)C)cc1. The molecule has 4 heteroatoms. The molecular weight excluding hydrogens is 226 g/mol. The lowest BCUT2D eigenvalue weighted by Crippen LogP contribution is -2.50. The predicted octanol–water partition coefficient (Wildman–Crippen LogP) is 1.50. The molecule has 1 aromatic rings. The van der Waals surface area contributed by atoms with E-state index < -0.39 is 5.54 Å². The van der Waals surface area contributed by atoms with Gasteiger partial charge in [0.25, 0.3) is 0 Å². The topological polar surface area (TPSA) is 58.4 Å². The minimum Gasteiger partial charge on any atom is -0.378 e. The van der Waals surface area contributed by atoms with Crippen molar-refractivity contribution in [2.24, 2.45) is 5.73 Å². The molecule has 0 aliphatic heterocycles. The van der Waals surface area contributed by atoms with Crippen molar-refractivity contribution in [3.05, 3.63) is 29.8 Å². The van der Waals surface area contributed by atoms with Crippen LogP contribution in [0.15, 0.2) is 24.3 Å². The highest BCUT2D eigenvalue weighted by Gasteiger charge is 2.25. The predicted molar refractivity (Wildman–Crippen MR) is 75.5 cm³/mol. The van der Waals surface area contributed by atoms with E-state index in [1.807, 2.05) is 50.2 Å². The number of carbonyl (C=O) groups excluding carboxylic acids is 1. The summed E-state index contributed by atoms with van der Waals surface area (Å²) in [5.41, 5.74) is 7.29. The first-order valence-electron chi connectivity index (χ1n) is 6.20. The Kier molecular flexibility index (Phi) is 4.73. The fourth-order valence-corrected chi connectivity index (χ4v) is 1.46. The molecule has 0 radical (unpaired) electrons. The van der Waals surface area contributed by atoms with Crippen molar-refractivity contribution in [3.8, 4) is 0 Å². The molecule has 0 aliphatic carbocycles. The molecule has 0 fully saturated rings. The quantitative estimate of drug-likeness (QED) is 0.831. The summed E-state index contributed by atoms with van der Waals surface area (Å²) in [5.74, 6) is -0.110. The van der Waals surface area contributed by atoms with Gasteiger partial charge in [-0.2, -0.15) is 0 Å². The van der Waals surface area contributed by atoms with Gasteiger partial charge in [-0.05, 0) is 31.0 Å². The molecule has 1 atom stereocenters. The Morgan fingerprint density at radius 1 is 1.33 bits per heavy atom. The van der Waals surface area contributed by atoms with Crippen LogP contribution in [0, 0.1) is 0 Å². The van der Waals surface area contributed by atoms with Crippen LogP contribution in [0.3, 0.4) is 0 Å². The van der Waals surface area contributed by atoms with Gasteiger partial charge in [0, 0.05) is 26.3 Å². The van der Waals surface area contributed by atoms with E-state index in [0.717, 1.165) is 11.3 Å². The van der Waals surface area contributed by atoms with Gasteiger partial charge >= 0.3 is 0 Å². The first kappa shape index (κ1) is 14.5. The number of nitrogens with two attached hydrogens (primary N) is 1. The Labute approximate surface area is 109 Å². The Morgan fingerprint density at radius 3 is 2.33 bits per heavy atom. The van der Waals surface area contributed by atoms with Crippen molar-refractivity contribution in [2.45, 2.75) is 32.4 Å². The average molecular weight is 249 g/mol. The van der Waals surface area contributed by atoms with Crippen LogP contribution >= 0.6 is 0 Å². The minimum absolute atomic E-state index is 0.110. The Hall–Kier alpha value is -1.55. The zero-order valence-electron chi connectivity index (χ0n) is 11.7. The lowest BCUT2D eigenvalue weighted by molar-refractivity contribution is -0.126. The molecular formula is C14H23N3O. The maximum absolute atomic E-state index is 11.8. The number of anilines is 1. The number of nitrogens with zero attached hydrogens (tertiary/aromatic N) is 1. The van der Waals surface area contributed by atoms with E-state index in [1.54, 1.807) is 6.92 Å². The summed E-state index contributed by atoms with van der Waals surface area (Å²) in [5, 5.41) is 2.86. The number of hydrogen-bond donors (Lipinski definition) is 2. The van der Waals surface area contributed by atoms with Crippen molar-refractivity contribution < 1.29 is 4.79 Å². The molecule has 1 rings (SSSR count). The maximum Gasteiger partial charge on any atom is 0.240 e. The van der Waals surface area contributed by atoms with E-state index in [2.05, 4.69) is 5.32 Å². The molecule has 100 valence electrons. The summed E-state index contributed by atoms with van der Waals surface area (Å²) in [7, 11) is 4.00. The second kappa shape index (κ2) is 5.87. The van der Waals surface area contributed by atoms with Gasteiger partial charge < -0.3 is 16.0 Å². The molecule has 4 nitrogen and oxygen atoms in total. The van der Waals surface area contributed by atoms with Crippen LogP contribution in [-0.2, 0) is 11.3 Å². The number of benzene rings is 1. The van der Waals surface area contributed by atoms with Crippen LogP contribution in [0.1, 0.15) is 25.8 Å². The Morgan fingerprint density at radius 2 is 1.89 bits per heavy atom. The Bertz CT molecular complexity index is 396. The van der Waals surface area contributed by atoms with Gasteiger partial charge in [-0.15, -0.1) is 0 Å². The summed E-state index contributed by atoms with van der Waals surface area (Å²) >= 11 is 0. The van der Waals surface area contributed by atoms with Crippen LogP contribution in [-0.4, -0.2) is 25.5 Å². The lowest BCUT2D eigenvalue weighted by atomic mass is 9.99. The number of amides is 1. The second-order valence-corrected chi connectivity index (χ2v) is 5.01. The molecule has 0 aliphatic rings. The van der Waals surface area contributed by atoms with Crippen LogP contribution in [0.5, 0.6) is 0 Å². The van der Waals surface area contributed by atoms with E-state index in [0.29, 0.717) is 13.0 Å². The lowest BCUT2D eigenvalue weighted by Gasteiger charge is -2.21. The van der Waals surface area contributed by atoms with Gasteiger partial charge in [-0.1, -0.05) is 19.1 Å². The van der Waals surface area contributed by atoms with Crippen LogP contribution < -0.4 is 16.0 Å². The zero-order chi connectivity index (χ0) is 13.8. The van der Waals surface area contributed by atoms with Gasteiger partial charge in [0.15, 0.2) is 0 Å². The molecule has 0 aromatic heterocycles. The minimum atomic E-state index is -0.788. The highest BCUT2D eigenvalue weighted by atomic mass is 16.2. The van der Waals surface area contributed by atoms with Crippen molar-refractivity contribution in [1.82, 2.24) is 5.32 Å². The van der Waals surface area contributed by atoms with Gasteiger partial charge in [0.05, 0.1) is 5.54 Å². The third-order valence-electron chi connectivity index (χ3n) is 3.16. The number of carbonyl (C=O) groups is 1. The fraction of sp³-hybridized carbons (Fsp3) is 0.500. The maximum atomic E-state index is 11.8. The van der Waals surface area contributed by atoms with Crippen LogP contribution in [0.2, 0.25) is 0 Å². The molecule has 0 bridgehead atoms. The first-order chi connectivity index (χ1) is 8.36. The third-order valence-corrected chi connectivity index (χ3v) is 3.16. The van der Waals surface area contributed by atoms with Gasteiger partial charge in [-0.25, -0.2) is 0 Å². The molecule has 0 heterocycles. The summed E-state index contributed by atoms with van der Waals surface area (Å²) in [6, 6.07) is 8.08. The summed E-state index contributed by atoms with van der Waals surface area (Å²) < 4.78 is 0. The number of nitrogens with one attached hydrogen (secondary N) is 1. The molecule has 3 N–H and O–H groups in total. The van der Waals surface area contributed by atoms with E-state index in [-0.39, 0.29) is 5.91 Å². The zero-order valence-corrected chi connectivity index (χ0v) is 11.7. The molecule has 0 spiro atoms. The summed E-state index contributed by atoms with van der Waals surface area (Å²) in [4.78, 5) is 13.8. The highest BCUT2D eigenvalue weighted by molar-refractivity contribution is 5.85. The van der Waals surface area contributed by atoms with Gasteiger partial charge in [-0.3, -0.25) is 4.79 Å². The number of rotatable bonds is 5. The molecule has 18 heavy (non-hydrogen) atoms. The molecule has 0 saturated carbocycles. The largest absolute Gasteiger partial charge is 0.378 e. The second-order valence-electron chi connectivity index (χ2n) is 5.01. The van der Waals surface area contributed by atoms with Crippen molar-refractivity contribution in [1.29, 1.82) is 0 Å². The summed E-state index contributed by atoms with van der Waals surface area (Å²) in [6.07, 6.45) is 0.623. The normalized spacial score (nSPS) is 13.8. The first-order valence-corrected chi connectivity index (χ1v) is 6.20. The highest BCUT2D eigenvalue weighted by Crippen LogP contribution is 2.12.